The fourth-order valence-corrected chi connectivity index (χ4v) is 2.66. The molecule has 2 rings (SSSR count). The van der Waals surface area contributed by atoms with E-state index in [-0.39, 0.29) is 0 Å². The summed E-state index contributed by atoms with van der Waals surface area (Å²) in [6, 6.07) is 7.50. The minimum Gasteiger partial charge on any atom is -0.368 e. The minimum absolute atomic E-state index is 0.477. The van der Waals surface area contributed by atoms with Crippen LogP contribution >= 0.6 is 11.6 Å². The predicted molar refractivity (Wildman–Crippen MR) is 84.1 cm³/mol. The Hall–Kier alpha value is -0.730. The van der Waals surface area contributed by atoms with Crippen LogP contribution in [0.3, 0.4) is 0 Å². The van der Waals surface area contributed by atoms with Crippen molar-refractivity contribution >= 4 is 17.3 Å². The molecular formula is C16H25ClN2. The van der Waals surface area contributed by atoms with E-state index in [1.807, 2.05) is 6.07 Å². The van der Waals surface area contributed by atoms with Crippen molar-refractivity contribution in [2.45, 2.75) is 58.7 Å². The van der Waals surface area contributed by atoms with Gasteiger partial charge in [-0.05, 0) is 31.4 Å². The second-order valence-corrected chi connectivity index (χ2v) is 6.10. The summed E-state index contributed by atoms with van der Waals surface area (Å²) in [5.74, 6) is 0. The molecule has 1 aromatic carbocycles. The van der Waals surface area contributed by atoms with Crippen LogP contribution in [0.5, 0.6) is 0 Å². The maximum atomic E-state index is 6.42. The van der Waals surface area contributed by atoms with Crippen molar-refractivity contribution in [1.29, 1.82) is 0 Å². The summed E-state index contributed by atoms with van der Waals surface area (Å²) in [7, 11) is 0. The average Bonchev–Trinajstić information content (AvgIpc) is 3.18. The van der Waals surface area contributed by atoms with Gasteiger partial charge in [-0.1, -0.05) is 38.4 Å². The molecule has 2 nitrogen and oxygen atoms in total. The summed E-state index contributed by atoms with van der Waals surface area (Å²) < 4.78 is 0. The molecule has 3 heteroatoms. The second kappa shape index (κ2) is 6.62. The van der Waals surface area contributed by atoms with Gasteiger partial charge in [-0.15, -0.1) is 0 Å². The van der Waals surface area contributed by atoms with Gasteiger partial charge in [-0.25, -0.2) is 0 Å². The van der Waals surface area contributed by atoms with Crippen molar-refractivity contribution in [3.05, 3.63) is 28.8 Å². The monoisotopic (exact) mass is 280 g/mol. The average molecular weight is 281 g/mol. The van der Waals surface area contributed by atoms with E-state index >= 15 is 0 Å². The summed E-state index contributed by atoms with van der Waals surface area (Å²) in [4.78, 5) is 2.54. The molecule has 1 aliphatic rings. The number of benzene rings is 1. The molecule has 1 fully saturated rings. The van der Waals surface area contributed by atoms with E-state index in [2.05, 4.69) is 43.1 Å². The first-order valence-corrected chi connectivity index (χ1v) is 7.78. The lowest BCUT2D eigenvalue weighted by Crippen LogP contribution is -2.29. The van der Waals surface area contributed by atoms with Crippen molar-refractivity contribution in [3.63, 3.8) is 0 Å². The molecule has 0 aromatic heterocycles. The second-order valence-electron chi connectivity index (χ2n) is 5.70. The highest BCUT2D eigenvalue weighted by atomic mass is 35.5. The Morgan fingerprint density at radius 1 is 1.37 bits per heavy atom. The lowest BCUT2D eigenvalue weighted by Gasteiger charge is -2.27. The molecule has 19 heavy (non-hydrogen) atoms. The van der Waals surface area contributed by atoms with Crippen LogP contribution in [0.4, 0.5) is 5.69 Å². The van der Waals surface area contributed by atoms with Gasteiger partial charge in [-0.2, -0.15) is 0 Å². The minimum atomic E-state index is 0.477. The molecule has 1 N–H and O–H groups in total. The van der Waals surface area contributed by atoms with Crippen molar-refractivity contribution in [2.24, 2.45) is 0 Å². The van der Waals surface area contributed by atoms with Gasteiger partial charge in [-0.3, -0.25) is 0 Å². The predicted octanol–water partition coefficient (Wildman–Crippen LogP) is 4.22. The highest BCUT2D eigenvalue weighted by Crippen LogP contribution is 2.36. The quantitative estimate of drug-likeness (QED) is 0.805. The third-order valence-electron chi connectivity index (χ3n) is 3.54. The fraction of sp³-hybridized carbons (Fsp3) is 0.625. The SMILES string of the molecule is CCCN(c1cccc(Cl)c1CNC(C)C)C1CC1. The molecule has 0 heterocycles. The number of halogens is 1. The molecule has 0 aliphatic heterocycles. The van der Waals surface area contributed by atoms with E-state index in [0.717, 1.165) is 24.2 Å². The number of rotatable bonds is 7. The van der Waals surface area contributed by atoms with Crippen LogP contribution in [0, 0.1) is 0 Å². The molecule has 0 atom stereocenters. The molecule has 1 saturated carbocycles. The van der Waals surface area contributed by atoms with Crippen molar-refractivity contribution < 1.29 is 0 Å². The third-order valence-corrected chi connectivity index (χ3v) is 3.90. The van der Waals surface area contributed by atoms with E-state index in [0.29, 0.717) is 6.04 Å². The van der Waals surface area contributed by atoms with Crippen molar-refractivity contribution in [2.75, 3.05) is 11.4 Å². The number of anilines is 1. The van der Waals surface area contributed by atoms with Crippen LogP contribution in [-0.4, -0.2) is 18.6 Å². The Kier molecular flexibility index (Phi) is 5.12. The Morgan fingerprint density at radius 2 is 2.11 bits per heavy atom. The van der Waals surface area contributed by atoms with Gasteiger partial charge < -0.3 is 10.2 Å². The standard InChI is InChI=1S/C16H25ClN2/c1-4-10-19(13-8-9-13)16-7-5-6-15(17)14(16)11-18-12(2)3/h5-7,12-13,18H,4,8-11H2,1-3H3. The third kappa shape index (κ3) is 3.87. The first kappa shape index (κ1) is 14.7. The maximum Gasteiger partial charge on any atom is 0.0471 e. The summed E-state index contributed by atoms with van der Waals surface area (Å²) in [6.45, 7) is 8.55. The van der Waals surface area contributed by atoms with Crippen LogP contribution in [0.25, 0.3) is 0 Å². The molecule has 0 amide bonds. The Morgan fingerprint density at radius 3 is 2.68 bits per heavy atom. The van der Waals surface area contributed by atoms with Crippen LogP contribution < -0.4 is 10.2 Å². The first-order valence-electron chi connectivity index (χ1n) is 7.41. The lowest BCUT2D eigenvalue weighted by atomic mass is 10.1. The Labute approximate surface area is 122 Å². The Bertz CT molecular complexity index is 413. The number of nitrogens with one attached hydrogen (secondary N) is 1. The molecular weight excluding hydrogens is 256 g/mol. The largest absolute Gasteiger partial charge is 0.368 e. The molecule has 106 valence electrons. The zero-order valence-electron chi connectivity index (χ0n) is 12.2. The fourth-order valence-electron chi connectivity index (χ4n) is 2.42. The number of hydrogen-bond donors (Lipinski definition) is 1. The first-order chi connectivity index (χ1) is 9.13. The van der Waals surface area contributed by atoms with Gasteiger partial charge in [0.25, 0.3) is 0 Å². The summed E-state index contributed by atoms with van der Waals surface area (Å²) in [5.41, 5.74) is 2.57. The molecule has 0 radical (unpaired) electrons. The van der Waals surface area contributed by atoms with Gasteiger partial charge >= 0.3 is 0 Å². The topological polar surface area (TPSA) is 15.3 Å². The summed E-state index contributed by atoms with van der Waals surface area (Å²) >= 11 is 6.42. The molecule has 1 aliphatic carbocycles. The number of nitrogens with zero attached hydrogens (tertiary/aromatic N) is 1. The van der Waals surface area contributed by atoms with Crippen LogP contribution in [0.15, 0.2) is 18.2 Å². The summed E-state index contributed by atoms with van der Waals surface area (Å²) in [5, 5.41) is 4.37. The smallest absolute Gasteiger partial charge is 0.0471 e. The van der Waals surface area contributed by atoms with E-state index < -0.39 is 0 Å². The van der Waals surface area contributed by atoms with Gasteiger partial charge in [0.1, 0.15) is 0 Å². The highest BCUT2D eigenvalue weighted by molar-refractivity contribution is 6.31. The van der Waals surface area contributed by atoms with Crippen LogP contribution in [-0.2, 0) is 6.54 Å². The molecule has 0 spiro atoms. The van der Waals surface area contributed by atoms with Gasteiger partial charge in [0.2, 0.25) is 0 Å². The highest BCUT2D eigenvalue weighted by Gasteiger charge is 2.30. The lowest BCUT2D eigenvalue weighted by molar-refractivity contribution is 0.587. The molecule has 1 aromatic rings. The molecule has 0 unspecified atom stereocenters. The van der Waals surface area contributed by atoms with E-state index in [1.165, 1.54) is 30.5 Å². The molecule has 0 bridgehead atoms. The van der Waals surface area contributed by atoms with E-state index in [4.69, 9.17) is 11.6 Å². The van der Waals surface area contributed by atoms with E-state index in [9.17, 15) is 0 Å². The van der Waals surface area contributed by atoms with Gasteiger partial charge in [0, 0.05) is 41.4 Å². The van der Waals surface area contributed by atoms with Gasteiger partial charge in [0.15, 0.2) is 0 Å². The van der Waals surface area contributed by atoms with Crippen LogP contribution in [0.2, 0.25) is 5.02 Å². The zero-order chi connectivity index (χ0) is 13.8. The summed E-state index contributed by atoms with van der Waals surface area (Å²) in [6.07, 6.45) is 3.83. The molecule has 0 saturated heterocycles. The van der Waals surface area contributed by atoms with Crippen LogP contribution in [0.1, 0.15) is 45.6 Å². The zero-order valence-corrected chi connectivity index (χ0v) is 13.0. The number of hydrogen-bond acceptors (Lipinski definition) is 2. The van der Waals surface area contributed by atoms with Gasteiger partial charge in [0.05, 0.1) is 0 Å². The normalized spacial score (nSPS) is 15.0. The van der Waals surface area contributed by atoms with Crippen molar-refractivity contribution in [1.82, 2.24) is 5.32 Å². The van der Waals surface area contributed by atoms with E-state index in [1.54, 1.807) is 0 Å². The maximum absolute atomic E-state index is 6.42. The Balaban J connectivity index is 2.24. The van der Waals surface area contributed by atoms with Crippen molar-refractivity contribution in [3.8, 4) is 0 Å².